The van der Waals surface area contributed by atoms with Gasteiger partial charge in [-0.05, 0) is 12.5 Å². The van der Waals surface area contributed by atoms with E-state index in [1.165, 1.54) is 12.1 Å². The zero-order valence-corrected chi connectivity index (χ0v) is 12.2. The number of hydrogen-bond acceptors (Lipinski definition) is 6. The molecule has 1 aromatic carbocycles. The Morgan fingerprint density at radius 3 is 2.78 bits per heavy atom. The van der Waals surface area contributed by atoms with Gasteiger partial charge in [0.25, 0.3) is 5.69 Å². The second-order valence-corrected chi connectivity index (χ2v) is 4.67. The van der Waals surface area contributed by atoms with Crippen molar-refractivity contribution in [2.24, 2.45) is 0 Å². The molecular formula is C13H14N4O6. The number of nitrogens with one attached hydrogen (secondary N) is 2. The summed E-state index contributed by atoms with van der Waals surface area (Å²) in [6.07, 6.45) is 0.705. The number of nitro benzene ring substituents is 1. The van der Waals surface area contributed by atoms with E-state index in [0.29, 0.717) is 13.0 Å². The molecule has 3 amide bonds. The van der Waals surface area contributed by atoms with Crippen molar-refractivity contribution in [2.75, 3.05) is 6.54 Å². The monoisotopic (exact) mass is 322 g/mol. The van der Waals surface area contributed by atoms with Crippen molar-refractivity contribution in [3.8, 4) is 0 Å². The fourth-order valence-electron chi connectivity index (χ4n) is 1.91. The number of amides is 3. The van der Waals surface area contributed by atoms with Gasteiger partial charge in [-0.15, -0.1) is 0 Å². The minimum atomic E-state index is -0.843. The maximum Gasteiger partial charge on any atom is 0.420 e. The largest absolute Gasteiger partial charge is 0.420 e. The number of fused-ring (bicyclic) bond motifs is 1. The van der Waals surface area contributed by atoms with Crippen molar-refractivity contribution in [3.63, 3.8) is 0 Å². The number of hydrogen-bond donors (Lipinski definition) is 2. The third-order valence-corrected chi connectivity index (χ3v) is 2.95. The standard InChI is InChI=1S/C13H14N4O6/c1-2-5-14-12(19)15-11(18)7-16-9-6-8(17(21)22)3-4-10(9)23-13(16)20/h3-4,6H,2,5,7H2,1H3,(H2,14,15,18,19). The molecule has 0 saturated heterocycles. The number of nitro groups is 1. The van der Waals surface area contributed by atoms with Gasteiger partial charge < -0.3 is 9.73 Å². The Bertz CT molecular complexity index is 821. The van der Waals surface area contributed by atoms with E-state index in [1.54, 1.807) is 0 Å². The van der Waals surface area contributed by atoms with Crippen LogP contribution in [0.15, 0.2) is 27.4 Å². The first kappa shape index (κ1) is 16.2. The van der Waals surface area contributed by atoms with Crippen LogP contribution in [0.4, 0.5) is 10.5 Å². The molecule has 1 aromatic heterocycles. The van der Waals surface area contributed by atoms with E-state index in [9.17, 15) is 24.5 Å². The number of carbonyl (C=O) groups excluding carboxylic acids is 2. The van der Waals surface area contributed by atoms with Crippen LogP contribution in [0.2, 0.25) is 0 Å². The number of carbonyl (C=O) groups is 2. The molecular weight excluding hydrogens is 308 g/mol. The number of imide groups is 1. The second-order valence-electron chi connectivity index (χ2n) is 4.67. The van der Waals surface area contributed by atoms with Crippen LogP contribution in [-0.4, -0.2) is 28.0 Å². The minimum Gasteiger partial charge on any atom is -0.408 e. The first-order valence-electron chi connectivity index (χ1n) is 6.78. The summed E-state index contributed by atoms with van der Waals surface area (Å²) in [5.74, 6) is -1.58. The van der Waals surface area contributed by atoms with E-state index in [4.69, 9.17) is 4.42 Å². The molecule has 0 fully saturated rings. The molecule has 1 heterocycles. The highest BCUT2D eigenvalue weighted by atomic mass is 16.6. The van der Waals surface area contributed by atoms with Crippen molar-refractivity contribution in [3.05, 3.63) is 38.9 Å². The zero-order valence-electron chi connectivity index (χ0n) is 12.2. The Kier molecular flexibility index (Phi) is 4.74. The van der Waals surface area contributed by atoms with Crippen LogP contribution >= 0.6 is 0 Å². The van der Waals surface area contributed by atoms with Crippen LogP contribution in [0.5, 0.6) is 0 Å². The molecule has 0 radical (unpaired) electrons. The van der Waals surface area contributed by atoms with Crippen molar-refractivity contribution in [1.29, 1.82) is 0 Å². The molecule has 0 atom stereocenters. The molecule has 2 aromatic rings. The van der Waals surface area contributed by atoms with E-state index in [1.807, 2.05) is 6.92 Å². The molecule has 0 spiro atoms. The van der Waals surface area contributed by atoms with Crippen LogP contribution in [-0.2, 0) is 11.3 Å². The molecule has 0 unspecified atom stereocenters. The van der Waals surface area contributed by atoms with Gasteiger partial charge in [-0.25, -0.2) is 9.59 Å². The Morgan fingerprint density at radius 1 is 1.39 bits per heavy atom. The Labute approximate surface area is 129 Å². The summed E-state index contributed by atoms with van der Waals surface area (Å²) in [4.78, 5) is 45.1. The maximum atomic E-state index is 11.8. The number of urea groups is 1. The summed E-state index contributed by atoms with van der Waals surface area (Å²) in [5, 5.41) is 15.3. The highest BCUT2D eigenvalue weighted by Crippen LogP contribution is 2.19. The van der Waals surface area contributed by atoms with Crippen molar-refractivity contribution in [2.45, 2.75) is 19.9 Å². The fraction of sp³-hybridized carbons (Fsp3) is 0.308. The van der Waals surface area contributed by atoms with Crippen molar-refractivity contribution in [1.82, 2.24) is 15.2 Å². The number of non-ortho nitro benzene ring substituents is 1. The van der Waals surface area contributed by atoms with Crippen molar-refractivity contribution < 1.29 is 18.9 Å². The molecule has 10 nitrogen and oxygen atoms in total. The van der Waals surface area contributed by atoms with Crippen LogP contribution in [0.3, 0.4) is 0 Å². The zero-order chi connectivity index (χ0) is 17.0. The lowest BCUT2D eigenvalue weighted by atomic mass is 10.3. The number of nitrogens with zero attached hydrogens (tertiary/aromatic N) is 2. The van der Waals surface area contributed by atoms with Gasteiger partial charge in [0, 0.05) is 18.7 Å². The number of aromatic nitrogens is 1. The number of benzene rings is 1. The lowest BCUT2D eigenvalue weighted by Gasteiger charge is -2.05. The van der Waals surface area contributed by atoms with Crippen LogP contribution in [0.1, 0.15) is 13.3 Å². The molecule has 0 aliphatic carbocycles. The first-order valence-corrected chi connectivity index (χ1v) is 6.78. The Hall–Kier alpha value is -3.17. The van der Waals surface area contributed by atoms with Gasteiger partial charge >= 0.3 is 11.8 Å². The summed E-state index contributed by atoms with van der Waals surface area (Å²) in [6.45, 7) is 1.76. The van der Waals surface area contributed by atoms with Crippen LogP contribution < -0.4 is 16.4 Å². The molecule has 0 bridgehead atoms. The highest BCUT2D eigenvalue weighted by molar-refractivity contribution is 5.94. The molecule has 2 rings (SSSR count). The minimum absolute atomic E-state index is 0.105. The Morgan fingerprint density at radius 2 is 2.13 bits per heavy atom. The smallest absolute Gasteiger partial charge is 0.408 e. The lowest BCUT2D eigenvalue weighted by molar-refractivity contribution is -0.384. The average molecular weight is 322 g/mol. The molecule has 2 N–H and O–H groups in total. The summed E-state index contributed by atoms with van der Waals surface area (Å²) in [6, 6.07) is 2.92. The third-order valence-electron chi connectivity index (χ3n) is 2.95. The van der Waals surface area contributed by atoms with Gasteiger partial charge in [0.05, 0.1) is 10.4 Å². The van der Waals surface area contributed by atoms with Gasteiger partial charge in [0.2, 0.25) is 5.91 Å². The van der Waals surface area contributed by atoms with Gasteiger partial charge in [0.1, 0.15) is 6.54 Å². The number of rotatable bonds is 5. The van der Waals surface area contributed by atoms with E-state index >= 15 is 0 Å². The average Bonchev–Trinajstić information content (AvgIpc) is 2.80. The van der Waals surface area contributed by atoms with Gasteiger partial charge in [0.15, 0.2) is 5.58 Å². The van der Waals surface area contributed by atoms with Gasteiger partial charge in [-0.2, -0.15) is 0 Å². The van der Waals surface area contributed by atoms with Gasteiger partial charge in [-0.1, -0.05) is 6.92 Å². The topological polar surface area (TPSA) is 136 Å². The fourth-order valence-corrected chi connectivity index (χ4v) is 1.91. The normalized spacial score (nSPS) is 10.5. The number of oxazole rings is 1. The predicted molar refractivity (Wildman–Crippen MR) is 79.0 cm³/mol. The SMILES string of the molecule is CCCNC(=O)NC(=O)Cn1c(=O)oc2ccc([N+](=O)[O-])cc21. The Balaban J connectivity index is 2.22. The molecule has 0 aliphatic rings. The third kappa shape index (κ3) is 3.73. The first-order chi connectivity index (χ1) is 10.9. The summed E-state index contributed by atoms with van der Waals surface area (Å²) >= 11 is 0. The van der Waals surface area contributed by atoms with E-state index in [0.717, 1.165) is 10.6 Å². The lowest BCUT2D eigenvalue weighted by Crippen LogP contribution is -2.42. The quantitative estimate of drug-likeness (QED) is 0.615. The molecule has 23 heavy (non-hydrogen) atoms. The van der Waals surface area contributed by atoms with Crippen LogP contribution in [0.25, 0.3) is 11.1 Å². The predicted octanol–water partition coefficient (Wildman–Crippen LogP) is 0.738. The summed E-state index contributed by atoms with van der Waals surface area (Å²) < 4.78 is 5.83. The molecule has 0 aliphatic heterocycles. The van der Waals surface area contributed by atoms with Gasteiger partial charge in [-0.3, -0.25) is 24.8 Å². The van der Waals surface area contributed by atoms with E-state index < -0.39 is 29.2 Å². The second kappa shape index (κ2) is 6.73. The molecule has 0 saturated carbocycles. The highest BCUT2D eigenvalue weighted by Gasteiger charge is 2.17. The van der Waals surface area contributed by atoms with Crippen molar-refractivity contribution >= 4 is 28.7 Å². The van der Waals surface area contributed by atoms with E-state index in [2.05, 4.69) is 10.6 Å². The molecule has 122 valence electrons. The molecule has 10 heteroatoms. The summed E-state index contributed by atoms with van der Waals surface area (Å²) in [5.41, 5.74) is -0.0229. The maximum absolute atomic E-state index is 11.8. The van der Waals surface area contributed by atoms with E-state index in [-0.39, 0.29) is 16.8 Å². The summed E-state index contributed by atoms with van der Waals surface area (Å²) in [7, 11) is 0. The van der Waals surface area contributed by atoms with Crippen LogP contribution in [0, 0.1) is 10.1 Å².